The molecule has 7 heteroatoms. The van der Waals surface area contributed by atoms with E-state index in [-0.39, 0.29) is 19.0 Å². The second-order valence-electron chi connectivity index (χ2n) is 6.20. The molecule has 2 amide bonds. The van der Waals surface area contributed by atoms with Crippen LogP contribution < -0.4 is 5.32 Å². The molecule has 0 aliphatic carbocycles. The number of carbonyl (C=O) groups excluding carboxylic acids is 1. The lowest BCUT2D eigenvalue weighted by Crippen LogP contribution is -2.61. The molecule has 2 atom stereocenters. The van der Waals surface area contributed by atoms with Crippen molar-refractivity contribution >= 4 is 6.03 Å². The summed E-state index contributed by atoms with van der Waals surface area (Å²) < 4.78 is 38.1. The minimum absolute atomic E-state index is 0.00171. The number of nitrogens with one attached hydrogen (secondary N) is 1. The van der Waals surface area contributed by atoms with E-state index in [0.29, 0.717) is 6.54 Å². The van der Waals surface area contributed by atoms with Crippen molar-refractivity contribution in [3.63, 3.8) is 0 Å². The largest absolute Gasteiger partial charge is 0.408 e. The van der Waals surface area contributed by atoms with Gasteiger partial charge in [0.15, 0.2) is 0 Å². The monoisotopic (exact) mass is 327 g/mol. The number of alkyl halides is 3. The molecule has 1 aromatic rings. The number of likely N-dealkylation sites (tertiary alicyclic amines) is 2. The Bertz CT molecular complexity index is 549. The molecule has 2 fully saturated rings. The van der Waals surface area contributed by atoms with Gasteiger partial charge in [-0.05, 0) is 18.4 Å². The summed E-state index contributed by atoms with van der Waals surface area (Å²) in [6.07, 6.45) is -3.56. The summed E-state index contributed by atoms with van der Waals surface area (Å²) in [6, 6.07) is 7.70. The van der Waals surface area contributed by atoms with Crippen LogP contribution in [-0.2, 0) is 6.54 Å². The number of halogens is 3. The predicted octanol–water partition coefficient (Wildman–Crippen LogP) is 2.61. The van der Waals surface area contributed by atoms with E-state index in [1.54, 1.807) is 0 Å². The average molecular weight is 327 g/mol. The summed E-state index contributed by atoms with van der Waals surface area (Å²) in [6.45, 7) is 2.48. The van der Waals surface area contributed by atoms with Crippen LogP contribution in [0.3, 0.4) is 0 Å². The molecule has 2 aliphatic heterocycles. The minimum Gasteiger partial charge on any atom is -0.334 e. The topological polar surface area (TPSA) is 35.6 Å². The molecule has 4 nitrogen and oxygen atoms in total. The SMILES string of the molecule is O=C(NC1CCN(Cc2ccccc2)C1)N1CCC1C(F)(F)F. The smallest absolute Gasteiger partial charge is 0.334 e. The Kier molecular flexibility index (Phi) is 4.48. The van der Waals surface area contributed by atoms with Crippen molar-refractivity contribution in [2.24, 2.45) is 0 Å². The van der Waals surface area contributed by atoms with Crippen molar-refractivity contribution in [1.82, 2.24) is 15.1 Å². The van der Waals surface area contributed by atoms with E-state index in [2.05, 4.69) is 10.2 Å². The van der Waals surface area contributed by atoms with Crippen LogP contribution in [0, 0.1) is 0 Å². The van der Waals surface area contributed by atoms with Gasteiger partial charge in [0.1, 0.15) is 6.04 Å². The normalized spacial score (nSPS) is 25.3. The molecule has 0 spiro atoms. The van der Waals surface area contributed by atoms with Crippen LogP contribution in [0.4, 0.5) is 18.0 Å². The zero-order valence-corrected chi connectivity index (χ0v) is 12.7. The molecule has 0 radical (unpaired) electrons. The molecule has 2 aliphatic rings. The highest BCUT2D eigenvalue weighted by molar-refractivity contribution is 5.76. The number of hydrogen-bond donors (Lipinski definition) is 1. The predicted molar refractivity (Wildman–Crippen MR) is 79.8 cm³/mol. The van der Waals surface area contributed by atoms with E-state index < -0.39 is 18.2 Å². The van der Waals surface area contributed by atoms with Gasteiger partial charge in [-0.25, -0.2) is 4.79 Å². The molecule has 0 saturated carbocycles. The summed E-state index contributed by atoms with van der Waals surface area (Å²) in [4.78, 5) is 15.1. The van der Waals surface area contributed by atoms with Gasteiger partial charge in [0.2, 0.25) is 0 Å². The first-order chi connectivity index (χ1) is 10.9. The molecule has 2 unspecified atom stereocenters. The Labute approximate surface area is 133 Å². The molecule has 2 heterocycles. The number of hydrogen-bond acceptors (Lipinski definition) is 2. The molecular weight excluding hydrogens is 307 g/mol. The first-order valence-corrected chi connectivity index (χ1v) is 7.83. The van der Waals surface area contributed by atoms with Crippen molar-refractivity contribution in [2.75, 3.05) is 19.6 Å². The Hall–Kier alpha value is -1.76. The van der Waals surface area contributed by atoms with Crippen molar-refractivity contribution in [3.05, 3.63) is 35.9 Å². The van der Waals surface area contributed by atoms with Crippen LogP contribution >= 0.6 is 0 Å². The fraction of sp³-hybridized carbons (Fsp3) is 0.562. The van der Waals surface area contributed by atoms with Gasteiger partial charge in [0.05, 0.1) is 0 Å². The Morgan fingerprint density at radius 2 is 1.91 bits per heavy atom. The van der Waals surface area contributed by atoms with Crippen LogP contribution in [0.1, 0.15) is 18.4 Å². The molecule has 3 rings (SSSR count). The van der Waals surface area contributed by atoms with Crippen LogP contribution in [0.2, 0.25) is 0 Å². The summed E-state index contributed by atoms with van der Waals surface area (Å²) in [5, 5.41) is 2.74. The summed E-state index contributed by atoms with van der Waals surface area (Å²) in [5.74, 6) is 0. The van der Waals surface area contributed by atoms with E-state index in [1.807, 2.05) is 30.3 Å². The molecule has 0 bridgehead atoms. The highest BCUT2D eigenvalue weighted by Gasteiger charge is 2.50. The van der Waals surface area contributed by atoms with Crippen LogP contribution in [0.15, 0.2) is 30.3 Å². The lowest BCUT2D eigenvalue weighted by Gasteiger charge is -2.42. The summed E-state index contributed by atoms with van der Waals surface area (Å²) >= 11 is 0. The van der Waals surface area contributed by atoms with E-state index in [4.69, 9.17) is 0 Å². The van der Waals surface area contributed by atoms with E-state index in [9.17, 15) is 18.0 Å². The van der Waals surface area contributed by atoms with Gasteiger partial charge < -0.3 is 10.2 Å². The fourth-order valence-electron chi connectivity index (χ4n) is 3.16. The van der Waals surface area contributed by atoms with Crippen molar-refractivity contribution < 1.29 is 18.0 Å². The Morgan fingerprint density at radius 3 is 2.52 bits per heavy atom. The number of carbonyl (C=O) groups is 1. The lowest BCUT2D eigenvalue weighted by molar-refractivity contribution is -0.199. The number of benzene rings is 1. The first kappa shape index (κ1) is 16.1. The molecule has 2 saturated heterocycles. The van der Waals surface area contributed by atoms with E-state index in [1.165, 1.54) is 5.56 Å². The van der Waals surface area contributed by atoms with Gasteiger partial charge >= 0.3 is 12.2 Å². The maximum absolute atomic E-state index is 12.7. The number of nitrogens with zero attached hydrogens (tertiary/aromatic N) is 2. The van der Waals surface area contributed by atoms with Gasteiger partial charge in [-0.15, -0.1) is 0 Å². The Morgan fingerprint density at radius 1 is 1.17 bits per heavy atom. The minimum atomic E-state index is -4.33. The number of amides is 2. The lowest BCUT2D eigenvalue weighted by atomic mass is 10.0. The first-order valence-electron chi connectivity index (χ1n) is 7.83. The van der Waals surface area contributed by atoms with Gasteiger partial charge in [-0.3, -0.25) is 4.90 Å². The number of urea groups is 1. The van der Waals surface area contributed by atoms with Crippen LogP contribution in [0.5, 0.6) is 0 Å². The number of rotatable bonds is 3. The van der Waals surface area contributed by atoms with Crippen molar-refractivity contribution in [2.45, 2.75) is 37.6 Å². The third-order valence-electron chi connectivity index (χ3n) is 4.51. The third-order valence-corrected chi connectivity index (χ3v) is 4.51. The molecule has 126 valence electrons. The molecule has 1 aromatic carbocycles. The van der Waals surface area contributed by atoms with E-state index >= 15 is 0 Å². The van der Waals surface area contributed by atoms with E-state index in [0.717, 1.165) is 24.4 Å². The Balaban J connectivity index is 1.47. The maximum atomic E-state index is 12.7. The zero-order valence-electron chi connectivity index (χ0n) is 12.7. The van der Waals surface area contributed by atoms with Gasteiger partial charge in [-0.2, -0.15) is 13.2 Å². The maximum Gasteiger partial charge on any atom is 0.408 e. The van der Waals surface area contributed by atoms with Gasteiger partial charge in [0.25, 0.3) is 0 Å². The second-order valence-corrected chi connectivity index (χ2v) is 6.20. The average Bonchev–Trinajstić information content (AvgIpc) is 2.83. The molecule has 1 N–H and O–H groups in total. The zero-order chi connectivity index (χ0) is 16.4. The molecule has 0 aromatic heterocycles. The highest BCUT2D eigenvalue weighted by atomic mass is 19.4. The van der Waals surface area contributed by atoms with Gasteiger partial charge in [-0.1, -0.05) is 30.3 Å². The summed E-state index contributed by atoms with van der Waals surface area (Å²) in [7, 11) is 0. The standard InChI is InChI=1S/C16H20F3N3O/c17-16(18,19)14-7-9-22(14)15(23)20-13-6-8-21(11-13)10-12-4-2-1-3-5-12/h1-5,13-14H,6-11H2,(H,20,23). The quantitative estimate of drug-likeness (QED) is 0.926. The van der Waals surface area contributed by atoms with Crippen LogP contribution in [-0.4, -0.2) is 53.7 Å². The van der Waals surface area contributed by atoms with Crippen molar-refractivity contribution in [3.8, 4) is 0 Å². The highest BCUT2D eigenvalue weighted by Crippen LogP contribution is 2.33. The molecular formula is C16H20F3N3O. The second kappa shape index (κ2) is 6.39. The summed E-state index contributed by atoms with van der Waals surface area (Å²) in [5.41, 5.74) is 1.19. The third kappa shape index (κ3) is 3.77. The van der Waals surface area contributed by atoms with Gasteiger partial charge in [0, 0.05) is 32.2 Å². The fourth-order valence-corrected chi connectivity index (χ4v) is 3.16. The van der Waals surface area contributed by atoms with Crippen molar-refractivity contribution in [1.29, 1.82) is 0 Å². The molecule has 23 heavy (non-hydrogen) atoms. The van der Waals surface area contributed by atoms with Crippen LogP contribution in [0.25, 0.3) is 0 Å².